The predicted molar refractivity (Wildman–Crippen MR) is 64.4 cm³/mol. The first-order valence-electron chi connectivity index (χ1n) is 5.58. The lowest BCUT2D eigenvalue weighted by Gasteiger charge is -2.13. The normalized spacial score (nSPS) is 27.9. The van der Waals surface area contributed by atoms with Crippen LogP contribution in [0.4, 0.5) is 0 Å². The highest BCUT2D eigenvalue weighted by atomic mass is 35.5. The summed E-state index contributed by atoms with van der Waals surface area (Å²) in [5.41, 5.74) is 0. The number of nitrogens with one attached hydrogen (secondary N) is 1. The van der Waals surface area contributed by atoms with E-state index in [0.717, 1.165) is 19.3 Å². The standard InChI is InChI=1S/C10H18ClNO3S/c1-2-3-4-5-10(13)12-9-7-16(14,15)6-8(9)11/h8-9H,2-7H2,1H3,(H,12,13)/t8-,9-/m0/s1. The first kappa shape index (κ1) is 13.8. The molecule has 0 radical (unpaired) electrons. The molecule has 4 nitrogen and oxygen atoms in total. The Morgan fingerprint density at radius 3 is 2.56 bits per heavy atom. The number of carbonyl (C=O) groups is 1. The second kappa shape index (κ2) is 5.87. The third-order valence-electron chi connectivity index (χ3n) is 2.64. The fraction of sp³-hybridized carbons (Fsp3) is 0.900. The number of sulfone groups is 1. The van der Waals surface area contributed by atoms with E-state index < -0.39 is 21.3 Å². The summed E-state index contributed by atoms with van der Waals surface area (Å²) in [6.07, 6.45) is 3.37. The summed E-state index contributed by atoms with van der Waals surface area (Å²) in [6.45, 7) is 2.07. The number of carbonyl (C=O) groups excluding carboxylic acids is 1. The van der Waals surface area contributed by atoms with Gasteiger partial charge in [-0.1, -0.05) is 19.8 Å². The fourth-order valence-corrected chi connectivity index (χ4v) is 4.30. The second-order valence-electron chi connectivity index (χ2n) is 4.22. The van der Waals surface area contributed by atoms with Gasteiger partial charge in [-0.3, -0.25) is 4.79 Å². The first-order chi connectivity index (χ1) is 7.44. The van der Waals surface area contributed by atoms with Crippen LogP contribution >= 0.6 is 11.6 Å². The van der Waals surface area contributed by atoms with Gasteiger partial charge >= 0.3 is 0 Å². The summed E-state index contributed by atoms with van der Waals surface area (Å²) >= 11 is 5.87. The zero-order valence-electron chi connectivity index (χ0n) is 9.41. The number of alkyl halides is 1. The monoisotopic (exact) mass is 267 g/mol. The van der Waals surface area contributed by atoms with Crippen LogP contribution in [0, 0.1) is 0 Å². The Hall–Kier alpha value is -0.290. The maximum absolute atomic E-state index is 11.5. The first-order valence-corrected chi connectivity index (χ1v) is 7.84. The molecule has 0 saturated carbocycles. The van der Waals surface area contributed by atoms with Crippen LogP contribution in [-0.4, -0.2) is 37.2 Å². The molecule has 0 aromatic heterocycles. The van der Waals surface area contributed by atoms with Gasteiger partial charge in [0.2, 0.25) is 5.91 Å². The molecule has 0 spiro atoms. The van der Waals surface area contributed by atoms with Crippen molar-refractivity contribution in [2.24, 2.45) is 0 Å². The molecular formula is C10H18ClNO3S. The summed E-state index contributed by atoms with van der Waals surface area (Å²) in [7, 11) is -3.06. The van der Waals surface area contributed by atoms with E-state index in [9.17, 15) is 13.2 Å². The topological polar surface area (TPSA) is 63.2 Å². The average molecular weight is 268 g/mol. The number of hydrogen-bond acceptors (Lipinski definition) is 3. The maximum atomic E-state index is 11.5. The molecule has 94 valence electrons. The summed E-state index contributed by atoms with van der Waals surface area (Å²) in [6, 6.07) is -0.416. The van der Waals surface area contributed by atoms with E-state index in [4.69, 9.17) is 11.6 Å². The molecular weight excluding hydrogens is 250 g/mol. The van der Waals surface area contributed by atoms with Crippen LogP contribution in [0.15, 0.2) is 0 Å². The third kappa shape index (κ3) is 4.29. The molecule has 0 aromatic carbocycles. The Bertz CT molecular complexity index is 342. The predicted octanol–water partition coefficient (Wildman–Crippen LogP) is 1.09. The van der Waals surface area contributed by atoms with E-state index >= 15 is 0 Å². The van der Waals surface area contributed by atoms with Gasteiger partial charge in [-0.25, -0.2) is 8.42 Å². The van der Waals surface area contributed by atoms with E-state index in [1.165, 1.54) is 0 Å². The fourth-order valence-electron chi connectivity index (χ4n) is 1.75. The van der Waals surface area contributed by atoms with Crippen LogP contribution in [0.5, 0.6) is 0 Å². The van der Waals surface area contributed by atoms with E-state index in [1.54, 1.807) is 0 Å². The summed E-state index contributed by atoms with van der Waals surface area (Å²) in [5, 5.41) is 2.21. The highest BCUT2D eigenvalue weighted by molar-refractivity contribution is 7.91. The zero-order chi connectivity index (χ0) is 12.2. The number of rotatable bonds is 5. The summed E-state index contributed by atoms with van der Waals surface area (Å²) in [5.74, 6) is -0.156. The largest absolute Gasteiger partial charge is 0.351 e. The highest BCUT2D eigenvalue weighted by Gasteiger charge is 2.37. The minimum Gasteiger partial charge on any atom is -0.351 e. The molecule has 1 N–H and O–H groups in total. The smallest absolute Gasteiger partial charge is 0.220 e. The van der Waals surface area contributed by atoms with Crippen molar-refractivity contribution < 1.29 is 13.2 Å². The molecule has 2 atom stereocenters. The van der Waals surface area contributed by atoms with Gasteiger partial charge in [-0.15, -0.1) is 11.6 Å². The van der Waals surface area contributed by atoms with Crippen LogP contribution in [0.2, 0.25) is 0 Å². The Balaban J connectivity index is 2.35. The van der Waals surface area contributed by atoms with Crippen LogP contribution in [0.25, 0.3) is 0 Å². The van der Waals surface area contributed by atoms with Crippen LogP contribution in [-0.2, 0) is 14.6 Å². The minimum absolute atomic E-state index is 0.0271. The second-order valence-corrected chi connectivity index (χ2v) is 6.94. The summed E-state index contributed by atoms with van der Waals surface area (Å²) in [4.78, 5) is 11.5. The van der Waals surface area contributed by atoms with Crippen LogP contribution in [0.3, 0.4) is 0 Å². The van der Waals surface area contributed by atoms with Crippen molar-refractivity contribution in [3.05, 3.63) is 0 Å². The number of amides is 1. The van der Waals surface area contributed by atoms with Gasteiger partial charge in [0.05, 0.1) is 22.9 Å². The molecule has 0 unspecified atom stereocenters. The van der Waals surface area contributed by atoms with Gasteiger partial charge < -0.3 is 5.32 Å². The lowest BCUT2D eigenvalue weighted by Crippen LogP contribution is -2.40. The minimum atomic E-state index is -3.06. The van der Waals surface area contributed by atoms with E-state index in [2.05, 4.69) is 12.2 Å². The molecule has 1 saturated heterocycles. The SMILES string of the molecule is CCCCCC(=O)N[C@H]1CS(=O)(=O)C[C@@H]1Cl. The third-order valence-corrected chi connectivity index (χ3v) is 5.01. The maximum Gasteiger partial charge on any atom is 0.220 e. The molecule has 1 heterocycles. The van der Waals surface area contributed by atoms with Crippen molar-refractivity contribution in [3.8, 4) is 0 Å². The summed E-state index contributed by atoms with van der Waals surface area (Å²) < 4.78 is 22.5. The van der Waals surface area contributed by atoms with Crippen LogP contribution < -0.4 is 5.32 Å². The van der Waals surface area contributed by atoms with Crippen molar-refractivity contribution >= 4 is 27.3 Å². The molecule has 0 bridgehead atoms. The molecule has 1 rings (SSSR count). The van der Waals surface area contributed by atoms with Gasteiger partial charge in [0.25, 0.3) is 0 Å². The van der Waals surface area contributed by atoms with E-state index in [-0.39, 0.29) is 17.4 Å². The molecule has 1 amide bonds. The number of halogens is 1. The van der Waals surface area contributed by atoms with Gasteiger partial charge in [0, 0.05) is 6.42 Å². The molecule has 1 fully saturated rings. The van der Waals surface area contributed by atoms with Gasteiger partial charge in [0.15, 0.2) is 9.84 Å². The van der Waals surface area contributed by atoms with Gasteiger partial charge in [-0.05, 0) is 6.42 Å². The molecule has 16 heavy (non-hydrogen) atoms. The van der Waals surface area contributed by atoms with Crippen molar-refractivity contribution in [1.29, 1.82) is 0 Å². The highest BCUT2D eigenvalue weighted by Crippen LogP contribution is 2.18. The Kier molecular flexibility index (Phi) is 5.05. The number of unbranched alkanes of at least 4 members (excludes halogenated alkanes) is 2. The zero-order valence-corrected chi connectivity index (χ0v) is 11.0. The molecule has 6 heteroatoms. The van der Waals surface area contributed by atoms with Crippen LogP contribution in [0.1, 0.15) is 32.6 Å². The van der Waals surface area contributed by atoms with Crippen molar-refractivity contribution in [3.63, 3.8) is 0 Å². The van der Waals surface area contributed by atoms with E-state index in [0.29, 0.717) is 6.42 Å². The van der Waals surface area contributed by atoms with Gasteiger partial charge in [-0.2, -0.15) is 0 Å². The quantitative estimate of drug-likeness (QED) is 0.599. The Morgan fingerprint density at radius 1 is 1.38 bits per heavy atom. The van der Waals surface area contributed by atoms with Gasteiger partial charge in [0.1, 0.15) is 0 Å². The molecule has 0 aliphatic carbocycles. The lowest BCUT2D eigenvalue weighted by atomic mass is 10.2. The Labute approximate surface area is 102 Å². The van der Waals surface area contributed by atoms with Crippen molar-refractivity contribution in [1.82, 2.24) is 5.32 Å². The number of hydrogen-bond donors (Lipinski definition) is 1. The van der Waals surface area contributed by atoms with Crippen molar-refractivity contribution in [2.45, 2.75) is 44.0 Å². The van der Waals surface area contributed by atoms with E-state index in [1.807, 2.05) is 0 Å². The molecule has 1 aliphatic rings. The van der Waals surface area contributed by atoms with Crippen molar-refractivity contribution in [2.75, 3.05) is 11.5 Å². The molecule has 1 aliphatic heterocycles. The average Bonchev–Trinajstić information content (AvgIpc) is 2.40. The Morgan fingerprint density at radius 2 is 2.06 bits per heavy atom. The molecule has 0 aromatic rings. The lowest BCUT2D eigenvalue weighted by molar-refractivity contribution is -0.121.